The number of benzene rings is 2. The van der Waals surface area contributed by atoms with E-state index in [4.69, 9.17) is 27.9 Å². The summed E-state index contributed by atoms with van der Waals surface area (Å²) in [6.07, 6.45) is 3.95. The largest absolute Gasteiger partial charge is 0.443 e. The highest BCUT2D eigenvalue weighted by molar-refractivity contribution is 6.37. The van der Waals surface area contributed by atoms with E-state index in [0.717, 1.165) is 0 Å². The van der Waals surface area contributed by atoms with Gasteiger partial charge in [0, 0.05) is 32.8 Å². The summed E-state index contributed by atoms with van der Waals surface area (Å²) in [6, 6.07) is 12.2. The highest BCUT2D eigenvalue weighted by Crippen LogP contribution is 2.25. The van der Waals surface area contributed by atoms with Gasteiger partial charge in [0.1, 0.15) is 16.3 Å². The van der Waals surface area contributed by atoms with Gasteiger partial charge in [-0.2, -0.15) is 0 Å². The third-order valence-corrected chi connectivity index (χ3v) is 5.57. The van der Waals surface area contributed by atoms with Crippen molar-refractivity contribution in [1.29, 1.82) is 0 Å². The molecule has 174 valence electrons. The van der Waals surface area contributed by atoms with E-state index in [1.807, 2.05) is 12.1 Å². The van der Waals surface area contributed by atoms with Crippen molar-refractivity contribution >= 4 is 52.4 Å². The lowest BCUT2D eigenvalue weighted by molar-refractivity contribution is 0.0544. The number of carbonyl (C=O) groups is 1. The third kappa shape index (κ3) is 4.85. The van der Waals surface area contributed by atoms with E-state index in [1.165, 1.54) is 16.7 Å². The van der Waals surface area contributed by atoms with Crippen LogP contribution in [0, 0.1) is 0 Å². The first-order chi connectivity index (χ1) is 16.0. The van der Waals surface area contributed by atoms with Crippen molar-refractivity contribution in [3.05, 3.63) is 101 Å². The number of para-hydroxylation sites is 1. The molecule has 0 radical (unpaired) electrons. The second-order valence-corrected chi connectivity index (χ2v) is 9.43. The number of halogens is 2. The Morgan fingerprint density at radius 3 is 2.12 bits per heavy atom. The molecule has 0 aliphatic heterocycles. The predicted molar refractivity (Wildman–Crippen MR) is 134 cm³/mol. The van der Waals surface area contributed by atoms with E-state index in [1.54, 1.807) is 57.3 Å². The summed E-state index contributed by atoms with van der Waals surface area (Å²) in [4.78, 5) is 43.4. The van der Waals surface area contributed by atoms with Crippen molar-refractivity contribution in [2.45, 2.75) is 26.4 Å². The van der Waals surface area contributed by atoms with Crippen molar-refractivity contribution in [3.8, 4) is 0 Å². The highest BCUT2D eigenvalue weighted by atomic mass is 35.5. The minimum atomic E-state index is -0.675. The first kappa shape index (κ1) is 23.6. The summed E-state index contributed by atoms with van der Waals surface area (Å²) in [5, 5.41) is 1.44. The molecule has 7 nitrogen and oxygen atoms in total. The van der Waals surface area contributed by atoms with Crippen molar-refractivity contribution in [3.63, 3.8) is 0 Å². The van der Waals surface area contributed by atoms with E-state index in [9.17, 15) is 14.4 Å². The number of aromatic nitrogens is 3. The number of ether oxygens (including phenoxy) is 1. The van der Waals surface area contributed by atoms with Crippen LogP contribution in [0.15, 0.2) is 58.3 Å². The zero-order chi connectivity index (χ0) is 24.6. The number of nitrogens with zero attached hydrogens (tertiary/aromatic N) is 1. The number of nitrogens with one attached hydrogen (secondary N) is 2. The average molecular weight is 498 g/mol. The maximum absolute atomic E-state index is 12.8. The number of aromatic amines is 2. The first-order valence-corrected chi connectivity index (χ1v) is 11.1. The molecule has 2 aromatic carbocycles. The van der Waals surface area contributed by atoms with E-state index < -0.39 is 22.8 Å². The standard InChI is InChI=1S/C25H21Cl2N3O4/c1-25(2,3)34-24(33)30-13-14(15-7-4-5-10-21(15)30)11-19-22(31)29-20(23(32)28-19)12-16-17(26)8-6-9-18(16)27/h4-13H,1-3H3,(H,28,32)(H,29,31)/b19-11-,20-12-. The molecule has 0 aliphatic rings. The van der Waals surface area contributed by atoms with Crippen LogP contribution in [0.25, 0.3) is 23.1 Å². The lowest BCUT2D eigenvalue weighted by Crippen LogP contribution is -2.46. The number of hydrogen-bond donors (Lipinski definition) is 2. The molecule has 0 unspecified atom stereocenters. The Balaban J connectivity index is 1.86. The highest BCUT2D eigenvalue weighted by Gasteiger charge is 2.20. The summed E-state index contributed by atoms with van der Waals surface area (Å²) in [7, 11) is 0. The van der Waals surface area contributed by atoms with Crippen molar-refractivity contribution in [2.24, 2.45) is 0 Å². The van der Waals surface area contributed by atoms with Gasteiger partial charge in [-0.05, 0) is 51.1 Å². The molecule has 0 saturated carbocycles. The van der Waals surface area contributed by atoms with Crippen LogP contribution in [0.4, 0.5) is 4.79 Å². The molecule has 0 amide bonds. The molecule has 34 heavy (non-hydrogen) atoms. The molecule has 2 aromatic heterocycles. The predicted octanol–water partition coefficient (Wildman–Crippen LogP) is 3.77. The Morgan fingerprint density at radius 2 is 1.50 bits per heavy atom. The van der Waals surface area contributed by atoms with Crippen LogP contribution in [-0.4, -0.2) is 26.2 Å². The van der Waals surface area contributed by atoms with Crippen LogP contribution in [0.3, 0.4) is 0 Å². The summed E-state index contributed by atoms with van der Waals surface area (Å²) < 4.78 is 6.86. The molecule has 0 spiro atoms. The normalized spacial score (nSPS) is 13.0. The van der Waals surface area contributed by atoms with Crippen molar-refractivity contribution in [2.75, 3.05) is 0 Å². The lowest BCUT2D eigenvalue weighted by Gasteiger charge is -2.19. The summed E-state index contributed by atoms with van der Waals surface area (Å²) in [5.74, 6) is 0. The van der Waals surface area contributed by atoms with Gasteiger partial charge in [0.05, 0.1) is 5.52 Å². The number of rotatable bonds is 2. The molecule has 0 fully saturated rings. The topological polar surface area (TPSA) is 96.9 Å². The average Bonchev–Trinajstić information content (AvgIpc) is 3.12. The van der Waals surface area contributed by atoms with Gasteiger partial charge >= 0.3 is 6.09 Å². The van der Waals surface area contributed by atoms with E-state index >= 15 is 0 Å². The fourth-order valence-corrected chi connectivity index (χ4v) is 3.93. The van der Waals surface area contributed by atoms with Crippen LogP contribution in [0.5, 0.6) is 0 Å². The Kier molecular flexibility index (Phi) is 6.25. The zero-order valence-electron chi connectivity index (χ0n) is 18.6. The van der Waals surface area contributed by atoms with E-state index in [2.05, 4.69) is 9.97 Å². The molecule has 4 rings (SSSR count). The number of fused-ring (bicyclic) bond motifs is 1. The minimum absolute atomic E-state index is 0.00772. The van der Waals surface area contributed by atoms with Crippen LogP contribution < -0.4 is 21.8 Å². The van der Waals surface area contributed by atoms with Gasteiger partial charge in [0.15, 0.2) is 0 Å². The Labute approximate surface area is 203 Å². The molecule has 0 bridgehead atoms. The van der Waals surface area contributed by atoms with E-state index in [0.29, 0.717) is 32.1 Å². The minimum Gasteiger partial charge on any atom is -0.443 e. The second kappa shape index (κ2) is 9.00. The van der Waals surface area contributed by atoms with Gasteiger partial charge in [-0.1, -0.05) is 47.5 Å². The summed E-state index contributed by atoms with van der Waals surface area (Å²) in [6.45, 7) is 5.34. The van der Waals surface area contributed by atoms with Crippen LogP contribution in [0.2, 0.25) is 10.0 Å². The monoisotopic (exact) mass is 497 g/mol. The molecule has 0 aliphatic carbocycles. The molecular formula is C25H21Cl2N3O4. The van der Waals surface area contributed by atoms with Crippen LogP contribution in [0.1, 0.15) is 31.9 Å². The maximum atomic E-state index is 12.8. The van der Waals surface area contributed by atoms with Gasteiger partial charge in [-0.25, -0.2) is 4.79 Å². The van der Waals surface area contributed by atoms with E-state index in [-0.39, 0.29) is 10.7 Å². The third-order valence-electron chi connectivity index (χ3n) is 4.91. The molecule has 0 saturated heterocycles. The smallest absolute Gasteiger partial charge is 0.419 e. The van der Waals surface area contributed by atoms with Gasteiger partial charge < -0.3 is 14.7 Å². The number of H-pyrrole nitrogens is 2. The Bertz CT molecular complexity index is 1640. The lowest BCUT2D eigenvalue weighted by atomic mass is 10.1. The van der Waals surface area contributed by atoms with Crippen LogP contribution >= 0.6 is 23.2 Å². The quantitative estimate of drug-likeness (QED) is 0.440. The maximum Gasteiger partial charge on any atom is 0.419 e. The fourth-order valence-electron chi connectivity index (χ4n) is 3.43. The van der Waals surface area contributed by atoms with Crippen molar-refractivity contribution in [1.82, 2.24) is 14.5 Å². The Hall–Kier alpha value is -3.55. The second-order valence-electron chi connectivity index (χ2n) is 8.61. The van der Waals surface area contributed by atoms with Crippen LogP contribution in [-0.2, 0) is 4.74 Å². The SMILES string of the molecule is CC(C)(C)OC(=O)n1cc(/C=c2\[nH]c(=O)/c(=C/c3c(Cl)cccc3Cl)[nH]c2=O)c2ccccc21. The van der Waals surface area contributed by atoms with Gasteiger partial charge in [0.25, 0.3) is 11.1 Å². The summed E-state index contributed by atoms with van der Waals surface area (Å²) >= 11 is 12.3. The molecule has 9 heteroatoms. The van der Waals surface area contributed by atoms with Gasteiger partial charge in [-0.3, -0.25) is 14.2 Å². The zero-order valence-corrected chi connectivity index (χ0v) is 20.1. The molecule has 4 aromatic rings. The molecular weight excluding hydrogens is 477 g/mol. The fraction of sp³-hybridized carbons (Fsp3) is 0.160. The first-order valence-electron chi connectivity index (χ1n) is 10.4. The molecule has 2 N–H and O–H groups in total. The van der Waals surface area contributed by atoms with Crippen molar-refractivity contribution < 1.29 is 9.53 Å². The molecule has 0 atom stereocenters. The summed E-state index contributed by atoms with van der Waals surface area (Å²) in [5.41, 5.74) is -0.135. The van der Waals surface area contributed by atoms with Gasteiger partial charge in [0.2, 0.25) is 0 Å². The molecule has 2 heterocycles. The number of carbonyl (C=O) groups excluding carboxylic acids is 1. The Morgan fingerprint density at radius 1 is 0.912 bits per heavy atom. The number of hydrogen-bond acceptors (Lipinski definition) is 4. The van der Waals surface area contributed by atoms with Gasteiger partial charge in [-0.15, -0.1) is 0 Å².